The molecule has 2 aliphatic rings. The molecule has 0 saturated carbocycles. The molecule has 2 aromatic rings. The first-order valence-corrected chi connectivity index (χ1v) is 6.61. The third kappa shape index (κ3) is 2.48. The number of benzene rings is 2. The number of hydrogen-bond acceptors (Lipinski definition) is 4. The van der Waals surface area contributed by atoms with E-state index in [0.717, 1.165) is 4.90 Å². The summed E-state index contributed by atoms with van der Waals surface area (Å²) in [5, 5.41) is 2.64. The molecule has 0 fully saturated rings. The van der Waals surface area contributed by atoms with E-state index >= 15 is 0 Å². The summed E-state index contributed by atoms with van der Waals surface area (Å²) in [6.45, 7) is -0.0623. The van der Waals surface area contributed by atoms with Gasteiger partial charge in [0.2, 0.25) is 0 Å². The van der Waals surface area contributed by atoms with Crippen LogP contribution in [-0.4, -0.2) is 24.3 Å². The van der Waals surface area contributed by atoms with Crippen LogP contribution in [0.2, 0.25) is 0 Å². The van der Waals surface area contributed by atoms with E-state index in [4.69, 9.17) is 4.74 Å². The molecule has 4 rings (SSSR count). The smallest absolute Gasteiger partial charge is 0.264 e. The molecule has 7 heteroatoms. The average Bonchev–Trinajstić information content (AvgIpc) is 2.79. The number of carbonyl (C=O) groups is 3. The zero-order valence-corrected chi connectivity index (χ0v) is 14.7. The molecule has 0 saturated heterocycles. The third-order valence-corrected chi connectivity index (χ3v) is 3.57. The summed E-state index contributed by atoms with van der Waals surface area (Å²) in [5.74, 6) is -0.633. The number of fused-ring (bicyclic) bond motifs is 2. The van der Waals surface area contributed by atoms with Gasteiger partial charge in [0, 0.05) is 38.5 Å². The second kappa shape index (κ2) is 5.87. The summed E-state index contributed by atoms with van der Waals surface area (Å²) < 4.78 is 5.24. The van der Waals surface area contributed by atoms with Gasteiger partial charge in [-0.1, -0.05) is 17.8 Å². The van der Waals surface area contributed by atoms with E-state index in [1.54, 1.807) is 24.3 Å². The number of rotatable bonds is 1. The van der Waals surface area contributed by atoms with E-state index in [0.29, 0.717) is 22.6 Å². The number of nitrogens with zero attached hydrogens (tertiary/aromatic N) is 1. The van der Waals surface area contributed by atoms with E-state index in [-0.39, 0.29) is 50.9 Å². The van der Waals surface area contributed by atoms with Gasteiger partial charge in [0.05, 0.1) is 11.1 Å². The number of anilines is 2. The zero-order valence-electron chi connectivity index (χ0n) is 11.8. The van der Waals surface area contributed by atoms with E-state index in [2.05, 4.69) is 11.4 Å². The largest absolute Gasteiger partial charge is 0.540 e. The molecule has 1 radical (unpaired) electrons. The van der Waals surface area contributed by atoms with E-state index in [1.165, 1.54) is 12.1 Å². The first-order valence-electron chi connectivity index (χ1n) is 6.61. The molecule has 0 bridgehead atoms. The normalized spacial score (nSPS) is 15.3. The minimum atomic E-state index is -0.403. The predicted molar refractivity (Wildman–Crippen MR) is 77.0 cm³/mol. The quantitative estimate of drug-likeness (QED) is 0.601. The molecule has 6 nitrogen and oxygen atoms in total. The summed E-state index contributed by atoms with van der Waals surface area (Å²) in [4.78, 5) is 37.2. The maximum Gasteiger partial charge on any atom is 0.264 e. The molecule has 3 amide bonds. The summed E-state index contributed by atoms with van der Waals surface area (Å²) >= 11 is 0. The van der Waals surface area contributed by atoms with Gasteiger partial charge >= 0.3 is 0 Å². The topological polar surface area (TPSA) is 75.7 Å². The molecule has 0 aliphatic carbocycles. The Hall–Kier alpha value is -2.05. The second-order valence-electron chi connectivity index (χ2n) is 4.92. The first-order chi connectivity index (χ1) is 10.6. The standard InChI is InChI=1S/C16H9N2O4.Y/c19-14-8-22-13-6-5-9(7-12(13)17-14)18-15(20)10-3-1-2-4-11(10)16(18)21;/h1-4,6-7H,8H2,(H,17,19);/q-1;. The monoisotopic (exact) mass is 382 g/mol. The van der Waals surface area contributed by atoms with Crippen LogP contribution in [-0.2, 0) is 37.5 Å². The fourth-order valence-electron chi connectivity index (χ4n) is 2.55. The summed E-state index contributed by atoms with van der Waals surface area (Å²) in [6, 6.07) is 12.5. The van der Waals surface area contributed by atoms with Gasteiger partial charge in [-0.2, -0.15) is 6.07 Å². The number of amides is 3. The molecule has 2 aromatic carbocycles. The SMILES string of the molecule is O=C1COc2c[c-]c(N3C(=O)c4ccccc4C3=O)cc2N1.[Y]. The number of hydrogen-bond donors (Lipinski definition) is 1. The molecule has 0 atom stereocenters. The van der Waals surface area contributed by atoms with Gasteiger partial charge in [-0.05, 0) is 17.8 Å². The van der Waals surface area contributed by atoms with Crippen molar-refractivity contribution in [3.63, 3.8) is 0 Å². The van der Waals surface area contributed by atoms with Crippen LogP contribution in [0.1, 0.15) is 20.7 Å². The van der Waals surface area contributed by atoms with E-state index < -0.39 is 11.8 Å². The first kappa shape index (κ1) is 15.8. The van der Waals surface area contributed by atoms with Crippen molar-refractivity contribution in [1.29, 1.82) is 0 Å². The van der Waals surface area contributed by atoms with Crippen molar-refractivity contribution in [3.8, 4) is 5.75 Å². The summed E-state index contributed by atoms with van der Waals surface area (Å²) in [5.41, 5.74) is 1.41. The fraction of sp³-hybridized carbons (Fsp3) is 0.0625. The Kier molecular flexibility index (Phi) is 4.04. The third-order valence-electron chi connectivity index (χ3n) is 3.57. The van der Waals surface area contributed by atoms with Crippen LogP contribution in [0.5, 0.6) is 5.75 Å². The van der Waals surface area contributed by atoms with Gasteiger partial charge in [-0.25, -0.2) is 0 Å². The molecule has 0 unspecified atom stereocenters. The molecule has 111 valence electrons. The Morgan fingerprint density at radius 1 is 1.09 bits per heavy atom. The number of imide groups is 1. The molecule has 0 aromatic heterocycles. The van der Waals surface area contributed by atoms with Crippen molar-refractivity contribution >= 4 is 29.1 Å². The molecule has 2 heterocycles. The number of carbonyl (C=O) groups excluding carboxylic acids is 3. The Morgan fingerprint density at radius 2 is 1.74 bits per heavy atom. The van der Waals surface area contributed by atoms with Gasteiger partial charge in [-0.3, -0.25) is 19.3 Å². The van der Waals surface area contributed by atoms with Crippen LogP contribution >= 0.6 is 0 Å². The molecule has 23 heavy (non-hydrogen) atoms. The summed E-state index contributed by atoms with van der Waals surface area (Å²) in [7, 11) is 0. The van der Waals surface area contributed by atoms with Gasteiger partial charge in [0.1, 0.15) is 0 Å². The van der Waals surface area contributed by atoms with Gasteiger partial charge in [0.15, 0.2) is 6.61 Å². The maximum atomic E-state index is 12.4. The maximum absolute atomic E-state index is 12.4. The Labute approximate surface area is 156 Å². The van der Waals surface area contributed by atoms with Crippen molar-refractivity contribution in [2.24, 2.45) is 0 Å². The van der Waals surface area contributed by atoms with Gasteiger partial charge in [0.25, 0.3) is 17.7 Å². The molecular weight excluding hydrogens is 373 g/mol. The van der Waals surface area contributed by atoms with Crippen LogP contribution in [0.15, 0.2) is 36.4 Å². The van der Waals surface area contributed by atoms with Crippen molar-refractivity contribution in [2.45, 2.75) is 0 Å². The molecule has 0 spiro atoms. The predicted octanol–water partition coefficient (Wildman–Crippen LogP) is 1.62. The van der Waals surface area contributed by atoms with E-state index in [1.807, 2.05) is 0 Å². The van der Waals surface area contributed by atoms with Crippen LogP contribution < -0.4 is 15.0 Å². The van der Waals surface area contributed by atoms with Crippen LogP contribution in [0.3, 0.4) is 0 Å². The van der Waals surface area contributed by atoms with Gasteiger partial charge in [-0.15, -0.1) is 12.1 Å². The fourth-order valence-corrected chi connectivity index (χ4v) is 2.55. The molecule has 1 N–H and O–H groups in total. The Balaban J connectivity index is 0.00000156. The minimum Gasteiger partial charge on any atom is -0.540 e. The second-order valence-corrected chi connectivity index (χ2v) is 4.92. The van der Waals surface area contributed by atoms with E-state index in [9.17, 15) is 14.4 Å². The Bertz CT molecular complexity index is 815. The van der Waals surface area contributed by atoms with Crippen molar-refractivity contribution < 1.29 is 51.8 Å². The van der Waals surface area contributed by atoms with Crippen LogP contribution in [0.4, 0.5) is 11.4 Å². The zero-order chi connectivity index (χ0) is 15.3. The van der Waals surface area contributed by atoms with Crippen LogP contribution in [0.25, 0.3) is 0 Å². The Morgan fingerprint density at radius 3 is 2.39 bits per heavy atom. The van der Waals surface area contributed by atoms with Crippen molar-refractivity contribution in [3.05, 3.63) is 53.6 Å². The van der Waals surface area contributed by atoms with Crippen molar-refractivity contribution in [1.82, 2.24) is 0 Å². The summed E-state index contributed by atoms with van der Waals surface area (Å²) in [6.07, 6.45) is 0. The van der Waals surface area contributed by atoms with Crippen LogP contribution in [0, 0.1) is 6.07 Å². The molecular formula is C16H9N2O4Y-. The number of ether oxygens (including phenoxy) is 1. The minimum absolute atomic E-state index is 0. The molecule has 2 aliphatic heterocycles. The van der Waals surface area contributed by atoms with Gasteiger partial charge < -0.3 is 10.1 Å². The number of nitrogens with one attached hydrogen (secondary N) is 1. The van der Waals surface area contributed by atoms with Crippen molar-refractivity contribution in [2.75, 3.05) is 16.8 Å². The average molecular weight is 382 g/mol.